The number of halogens is 1. The molecule has 0 amide bonds. The average molecular weight is 162 g/mol. The third-order valence-corrected chi connectivity index (χ3v) is 1.19. The molecular weight excluding hydrogens is 154 g/mol. The Morgan fingerprint density at radius 3 is 2.90 bits per heavy atom. The summed E-state index contributed by atoms with van der Waals surface area (Å²) in [4.78, 5) is 2.47. The van der Waals surface area contributed by atoms with Crippen molar-refractivity contribution in [3.05, 3.63) is 11.8 Å². The molecule has 10 heavy (non-hydrogen) atoms. The summed E-state index contributed by atoms with van der Waals surface area (Å²) in [7, 11) is 0. The fraction of sp³-hybridized carbons (Fsp3) is 0.600. The maximum atomic E-state index is 5.22. The normalized spacial score (nSPS) is 10.2. The van der Waals surface area contributed by atoms with Crippen molar-refractivity contribution in [1.82, 2.24) is 15.0 Å². The smallest absolute Gasteiger partial charge is 0.217 e. The second-order valence-electron chi connectivity index (χ2n) is 1.85. The quantitative estimate of drug-likeness (QED) is 0.662. The molecular formula is C5H8ClN3O. The van der Waals surface area contributed by atoms with Crippen LogP contribution in [0.1, 0.15) is 11.8 Å². The number of aromatic nitrogens is 2. The molecule has 1 N–H and O–H groups in total. The van der Waals surface area contributed by atoms with E-state index in [-0.39, 0.29) is 0 Å². The summed E-state index contributed by atoms with van der Waals surface area (Å²) in [6.07, 6.45) is 0.671. The lowest BCUT2D eigenvalue weighted by Crippen LogP contribution is -2.04. The van der Waals surface area contributed by atoms with Crippen molar-refractivity contribution in [2.24, 2.45) is 0 Å². The second kappa shape index (κ2) is 3.53. The standard InChI is InChI=1S/C5H8ClN3O/c1-4-8-9-5(10-4)2-3-7-6/h7H,2-3H2,1H3. The van der Waals surface area contributed by atoms with E-state index < -0.39 is 0 Å². The highest BCUT2D eigenvalue weighted by atomic mass is 35.5. The molecule has 1 aromatic rings. The molecule has 0 spiro atoms. The summed E-state index contributed by atoms with van der Waals surface area (Å²) in [5, 5.41) is 7.42. The van der Waals surface area contributed by atoms with E-state index in [9.17, 15) is 0 Å². The van der Waals surface area contributed by atoms with Gasteiger partial charge in [0.25, 0.3) is 0 Å². The molecule has 0 atom stereocenters. The van der Waals surface area contributed by atoms with E-state index in [1.807, 2.05) is 0 Å². The molecule has 0 saturated carbocycles. The van der Waals surface area contributed by atoms with E-state index in [1.165, 1.54) is 0 Å². The molecule has 4 nitrogen and oxygen atoms in total. The Morgan fingerprint density at radius 2 is 2.40 bits per heavy atom. The Balaban J connectivity index is 2.42. The van der Waals surface area contributed by atoms with Crippen LogP contribution in [0.15, 0.2) is 4.42 Å². The molecule has 0 aromatic carbocycles. The summed E-state index contributed by atoms with van der Waals surface area (Å²) < 4.78 is 5.06. The van der Waals surface area contributed by atoms with Crippen LogP contribution in [0.4, 0.5) is 0 Å². The zero-order valence-corrected chi connectivity index (χ0v) is 6.35. The van der Waals surface area contributed by atoms with Gasteiger partial charge in [-0.3, -0.25) is 0 Å². The fourth-order valence-electron chi connectivity index (χ4n) is 0.593. The first-order valence-corrected chi connectivity index (χ1v) is 3.33. The largest absolute Gasteiger partial charge is 0.426 e. The summed E-state index contributed by atoms with van der Waals surface area (Å²) in [6.45, 7) is 2.40. The van der Waals surface area contributed by atoms with Gasteiger partial charge in [-0.1, -0.05) is 0 Å². The maximum Gasteiger partial charge on any atom is 0.217 e. The van der Waals surface area contributed by atoms with E-state index >= 15 is 0 Å². The van der Waals surface area contributed by atoms with Crippen LogP contribution in [0, 0.1) is 6.92 Å². The summed E-state index contributed by atoms with van der Waals surface area (Å²) in [6, 6.07) is 0. The highest BCUT2D eigenvalue weighted by molar-refractivity contribution is 6.13. The van der Waals surface area contributed by atoms with Crippen LogP contribution in [-0.2, 0) is 6.42 Å². The number of hydrogen-bond donors (Lipinski definition) is 1. The summed E-state index contributed by atoms with van der Waals surface area (Å²) in [5.74, 6) is 1.20. The average Bonchev–Trinajstić information content (AvgIpc) is 2.31. The Labute approximate surface area is 63.7 Å². The third-order valence-electron chi connectivity index (χ3n) is 1.00. The van der Waals surface area contributed by atoms with Gasteiger partial charge in [-0.2, -0.15) is 0 Å². The Bertz CT molecular complexity index is 201. The molecule has 5 heteroatoms. The lowest BCUT2D eigenvalue weighted by molar-refractivity contribution is 0.467. The van der Waals surface area contributed by atoms with Crippen LogP contribution in [0.2, 0.25) is 0 Å². The van der Waals surface area contributed by atoms with Gasteiger partial charge in [0.2, 0.25) is 11.8 Å². The van der Waals surface area contributed by atoms with Crippen molar-refractivity contribution in [3.63, 3.8) is 0 Å². The molecule has 0 bridgehead atoms. The molecule has 0 aliphatic carbocycles. The third kappa shape index (κ3) is 1.97. The van der Waals surface area contributed by atoms with Crippen LogP contribution < -0.4 is 4.84 Å². The van der Waals surface area contributed by atoms with Crippen molar-refractivity contribution in [3.8, 4) is 0 Å². The van der Waals surface area contributed by atoms with Gasteiger partial charge < -0.3 is 4.42 Å². The van der Waals surface area contributed by atoms with Crippen LogP contribution in [0.3, 0.4) is 0 Å². The molecule has 1 rings (SSSR count). The van der Waals surface area contributed by atoms with Gasteiger partial charge >= 0.3 is 0 Å². The molecule has 56 valence electrons. The lowest BCUT2D eigenvalue weighted by atomic mass is 10.4. The van der Waals surface area contributed by atoms with Gasteiger partial charge in [-0.05, 0) is 11.8 Å². The van der Waals surface area contributed by atoms with Crippen molar-refractivity contribution in [2.45, 2.75) is 13.3 Å². The zero-order chi connectivity index (χ0) is 7.40. The number of rotatable bonds is 3. The van der Waals surface area contributed by atoms with Gasteiger partial charge in [-0.15, -0.1) is 10.2 Å². The van der Waals surface area contributed by atoms with E-state index in [1.54, 1.807) is 6.92 Å². The minimum atomic E-state index is 0.588. The Kier molecular flexibility index (Phi) is 2.65. The summed E-state index contributed by atoms with van der Waals surface area (Å²) in [5.41, 5.74) is 0. The first-order valence-electron chi connectivity index (χ1n) is 2.95. The van der Waals surface area contributed by atoms with Gasteiger partial charge in [-0.25, -0.2) is 4.84 Å². The molecule has 0 saturated heterocycles. The number of nitrogens with zero attached hydrogens (tertiary/aromatic N) is 2. The number of hydrogen-bond acceptors (Lipinski definition) is 4. The first kappa shape index (κ1) is 7.50. The molecule has 0 aliphatic rings. The molecule has 1 aromatic heterocycles. The van der Waals surface area contributed by atoms with Crippen molar-refractivity contribution in [1.29, 1.82) is 0 Å². The SMILES string of the molecule is Cc1nnc(CCNCl)o1. The molecule has 0 unspecified atom stereocenters. The van der Waals surface area contributed by atoms with Crippen LogP contribution in [0.25, 0.3) is 0 Å². The van der Waals surface area contributed by atoms with Gasteiger partial charge in [0, 0.05) is 19.9 Å². The first-order chi connectivity index (χ1) is 4.83. The highest BCUT2D eigenvalue weighted by Gasteiger charge is 1.99. The van der Waals surface area contributed by atoms with Crippen LogP contribution in [-0.4, -0.2) is 16.7 Å². The number of aryl methyl sites for hydroxylation is 1. The zero-order valence-electron chi connectivity index (χ0n) is 5.59. The molecule has 0 aliphatic heterocycles. The van der Waals surface area contributed by atoms with E-state index in [0.29, 0.717) is 24.7 Å². The lowest BCUT2D eigenvalue weighted by Gasteiger charge is -1.88. The highest BCUT2D eigenvalue weighted by Crippen LogP contribution is 1.97. The molecule has 0 radical (unpaired) electrons. The second-order valence-corrected chi connectivity index (χ2v) is 2.12. The molecule has 0 fully saturated rings. The number of nitrogens with one attached hydrogen (secondary N) is 1. The monoisotopic (exact) mass is 161 g/mol. The van der Waals surface area contributed by atoms with Crippen molar-refractivity contribution < 1.29 is 4.42 Å². The predicted molar refractivity (Wildman–Crippen MR) is 36.6 cm³/mol. The predicted octanol–water partition coefficient (Wildman–Crippen LogP) is 0.664. The minimum absolute atomic E-state index is 0.588. The van der Waals surface area contributed by atoms with Gasteiger partial charge in [0.05, 0.1) is 0 Å². The van der Waals surface area contributed by atoms with Crippen LogP contribution in [0.5, 0.6) is 0 Å². The van der Waals surface area contributed by atoms with Crippen molar-refractivity contribution in [2.75, 3.05) is 6.54 Å². The minimum Gasteiger partial charge on any atom is -0.426 e. The van der Waals surface area contributed by atoms with E-state index in [0.717, 1.165) is 0 Å². The van der Waals surface area contributed by atoms with E-state index in [2.05, 4.69) is 15.0 Å². The fourth-order valence-corrected chi connectivity index (χ4v) is 0.687. The Morgan fingerprint density at radius 1 is 1.60 bits per heavy atom. The van der Waals surface area contributed by atoms with Crippen molar-refractivity contribution >= 4 is 11.8 Å². The van der Waals surface area contributed by atoms with E-state index in [4.69, 9.17) is 16.2 Å². The van der Waals surface area contributed by atoms with Crippen LogP contribution >= 0.6 is 11.8 Å². The van der Waals surface area contributed by atoms with Gasteiger partial charge in [0.15, 0.2) is 0 Å². The topological polar surface area (TPSA) is 51.0 Å². The molecule has 1 heterocycles. The van der Waals surface area contributed by atoms with Gasteiger partial charge in [0.1, 0.15) is 0 Å². The Hall–Kier alpha value is -0.610. The summed E-state index contributed by atoms with van der Waals surface area (Å²) >= 11 is 5.22. The maximum absolute atomic E-state index is 5.22.